The number of methoxy groups -OCH3 is 1. The van der Waals surface area contributed by atoms with E-state index in [1.807, 2.05) is 28.9 Å². The molecule has 1 N–H and O–H groups in total. The van der Waals surface area contributed by atoms with Gasteiger partial charge in [0.2, 0.25) is 5.88 Å². The maximum absolute atomic E-state index is 13.2. The zero-order valence-electron chi connectivity index (χ0n) is 16.7. The smallest absolute Gasteiger partial charge is 0.276 e. The summed E-state index contributed by atoms with van der Waals surface area (Å²) in [5.74, 6) is 0.106. The minimum absolute atomic E-state index is 0.258. The number of anilines is 1. The van der Waals surface area contributed by atoms with Crippen LogP contribution in [0.3, 0.4) is 0 Å². The van der Waals surface area contributed by atoms with Gasteiger partial charge in [0.25, 0.3) is 5.91 Å². The van der Waals surface area contributed by atoms with Crippen LogP contribution < -0.4 is 10.1 Å². The van der Waals surface area contributed by atoms with Gasteiger partial charge in [0.1, 0.15) is 12.3 Å². The summed E-state index contributed by atoms with van der Waals surface area (Å²) in [6, 6.07) is 11.5. The molecule has 0 saturated heterocycles. The zero-order valence-corrected chi connectivity index (χ0v) is 18.3. The summed E-state index contributed by atoms with van der Waals surface area (Å²) in [7, 11) is 1.61. The number of halogens is 1. The van der Waals surface area contributed by atoms with Crippen LogP contribution in [0.15, 0.2) is 47.1 Å². The molecule has 2 aromatic heterocycles. The molecule has 1 aromatic carbocycles. The normalized spacial score (nSPS) is 13.0. The van der Waals surface area contributed by atoms with E-state index in [2.05, 4.69) is 26.2 Å². The maximum Gasteiger partial charge on any atom is 0.276 e. The molecule has 0 aliphatic heterocycles. The van der Waals surface area contributed by atoms with Crippen molar-refractivity contribution in [3.05, 3.63) is 64.0 Å². The minimum atomic E-state index is -0.258. The molecule has 1 aliphatic carbocycles. The number of carbonyl (C=O) groups excluding carboxylic acids is 1. The molecule has 0 radical (unpaired) electrons. The Labute approximate surface area is 183 Å². The highest BCUT2D eigenvalue weighted by Crippen LogP contribution is 2.29. The number of nitrogens with one attached hydrogen (secondary N) is 1. The lowest BCUT2D eigenvalue weighted by atomic mass is 9.95. The lowest BCUT2D eigenvalue weighted by molar-refractivity contribution is 0.101. The van der Waals surface area contributed by atoms with Crippen molar-refractivity contribution in [2.24, 2.45) is 0 Å². The number of carbonyl (C=O) groups is 1. The summed E-state index contributed by atoms with van der Waals surface area (Å²) >= 11 is 3.52. The monoisotopic (exact) mass is 470 g/mol. The highest BCUT2D eigenvalue weighted by atomic mass is 79.9. The Kier molecular flexibility index (Phi) is 6.44. The van der Waals surface area contributed by atoms with E-state index in [0.717, 1.165) is 47.1 Å². The number of fused-ring (bicyclic) bond motifs is 1. The fraction of sp³-hybridized carbons (Fsp3) is 0.318. The average Bonchev–Trinajstić information content (AvgIpc) is 3.15. The summed E-state index contributed by atoms with van der Waals surface area (Å²) in [4.78, 5) is 17.4. The van der Waals surface area contributed by atoms with Gasteiger partial charge < -0.3 is 14.8 Å². The van der Waals surface area contributed by atoms with Crippen LogP contribution in [0.4, 0.5) is 5.69 Å². The van der Waals surface area contributed by atoms with Crippen molar-refractivity contribution in [2.75, 3.05) is 25.6 Å². The Morgan fingerprint density at radius 2 is 2.07 bits per heavy atom. The van der Waals surface area contributed by atoms with E-state index in [1.54, 1.807) is 25.4 Å². The highest BCUT2D eigenvalue weighted by Gasteiger charge is 2.26. The van der Waals surface area contributed by atoms with Gasteiger partial charge in [-0.2, -0.15) is 5.10 Å². The second-order valence-corrected chi connectivity index (χ2v) is 7.94. The minimum Gasteiger partial charge on any atom is -0.474 e. The molecule has 0 unspecified atom stereocenters. The average molecular weight is 471 g/mol. The quantitative estimate of drug-likeness (QED) is 0.523. The number of rotatable bonds is 7. The molecular weight excluding hydrogens is 448 g/mol. The third-order valence-electron chi connectivity index (χ3n) is 4.99. The lowest BCUT2D eigenvalue weighted by Gasteiger charge is -2.14. The van der Waals surface area contributed by atoms with Crippen molar-refractivity contribution < 1.29 is 14.3 Å². The van der Waals surface area contributed by atoms with Crippen molar-refractivity contribution in [1.29, 1.82) is 0 Å². The molecular formula is C22H23BrN4O3. The van der Waals surface area contributed by atoms with Crippen molar-refractivity contribution in [3.63, 3.8) is 0 Å². The molecule has 1 aliphatic rings. The van der Waals surface area contributed by atoms with Crippen molar-refractivity contribution in [2.45, 2.75) is 25.7 Å². The molecule has 2 heterocycles. The number of ether oxygens (including phenoxy) is 2. The first-order valence-corrected chi connectivity index (χ1v) is 10.7. The standard InChI is InChI=1S/C22H23BrN4O3/c1-29-12-13-30-22-18(9-5-11-24-22)25-21(28)20-17-8-2-3-10-19(17)27(26-20)16-7-4-6-15(23)14-16/h4-7,9,11,14H,2-3,8,10,12-13H2,1H3,(H,25,28). The van der Waals surface area contributed by atoms with Crippen LogP contribution in [0.25, 0.3) is 5.69 Å². The predicted octanol–water partition coefficient (Wildman–Crippen LogP) is 4.19. The Balaban J connectivity index is 1.64. The number of pyridine rings is 1. The summed E-state index contributed by atoms with van der Waals surface area (Å²) in [6.45, 7) is 0.789. The molecule has 0 saturated carbocycles. The number of hydrogen-bond donors (Lipinski definition) is 1. The molecule has 0 spiro atoms. The van der Waals surface area contributed by atoms with E-state index in [4.69, 9.17) is 14.6 Å². The Morgan fingerprint density at radius 1 is 1.20 bits per heavy atom. The summed E-state index contributed by atoms with van der Waals surface area (Å²) in [5.41, 5.74) is 4.03. The first kappa shape index (κ1) is 20.6. The largest absolute Gasteiger partial charge is 0.474 e. The molecule has 0 atom stereocenters. The van der Waals surface area contributed by atoms with Crippen LogP contribution in [-0.4, -0.2) is 41.0 Å². The van der Waals surface area contributed by atoms with E-state index in [-0.39, 0.29) is 5.91 Å². The Bertz CT molecular complexity index is 1050. The molecule has 8 heteroatoms. The molecule has 7 nitrogen and oxygen atoms in total. The van der Waals surface area contributed by atoms with Gasteiger partial charge in [-0.1, -0.05) is 22.0 Å². The molecule has 4 rings (SSSR count). The number of aromatic nitrogens is 3. The molecule has 3 aromatic rings. The van der Waals surface area contributed by atoms with E-state index >= 15 is 0 Å². The SMILES string of the molecule is COCCOc1ncccc1NC(=O)c1nn(-c2cccc(Br)c2)c2c1CCCC2. The Morgan fingerprint density at radius 3 is 2.90 bits per heavy atom. The fourth-order valence-corrected chi connectivity index (χ4v) is 3.99. The first-order valence-electron chi connectivity index (χ1n) is 9.92. The number of benzene rings is 1. The van der Waals surface area contributed by atoms with Gasteiger partial charge in [-0.15, -0.1) is 0 Å². The van der Waals surface area contributed by atoms with Crippen LogP contribution in [0.1, 0.15) is 34.6 Å². The summed E-state index contributed by atoms with van der Waals surface area (Å²) < 4.78 is 13.5. The van der Waals surface area contributed by atoms with Crippen molar-refractivity contribution in [1.82, 2.24) is 14.8 Å². The Hall–Kier alpha value is -2.71. The molecule has 0 fully saturated rings. The van der Waals surface area contributed by atoms with Crippen LogP contribution in [-0.2, 0) is 17.6 Å². The van der Waals surface area contributed by atoms with E-state index in [0.29, 0.717) is 30.5 Å². The predicted molar refractivity (Wildman–Crippen MR) is 117 cm³/mol. The van der Waals surface area contributed by atoms with Gasteiger partial charge in [0, 0.05) is 29.0 Å². The van der Waals surface area contributed by atoms with Crippen molar-refractivity contribution in [3.8, 4) is 11.6 Å². The third kappa shape index (κ3) is 4.39. The molecule has 30 heavy (non-hydrogen) atoms. The van der Waals surface area contributed by atoms with Crippen LogP contribution >= 0.6 is 15.9 Å². The number of amides is 1. The lowest BCUT2D eigenvalue weighted by Crippen LogP contribution is -2.17. The van der Waals surface area contributed by atoms with Gasteiger partial charge in [-0.25, -0.2) is 9.67 Å². The highest BCUT2D eigenvalue weighted by molar-refractivity contribution is 9.10. The van der Waals surface area contributed by atoms with Gasteiger partial charge in [-0.3, -0.25) is 4.79 Å². The zero-order chi connectivity index (χ0) is 20.9. The van der Waals surface area contributed by atoms with E-state index < -0.39 is 0 Å². The second kappa shape index (κ2) is 9.40. The van der Waals surface area contributed by atoms with E-state index in [9.17, 15) is 4.79 Å². The maximum atomic E-state index is 13.2. The van der Waals surface area contributed by atoms with Gasteiger partial charge >= 0.3 is 0 Å². The van der Waals surface area contributed by atoms with Gasteiger partial charge in [0.15, 0.2) is 5.69 Å². The van der Waals surface area contributed by atoms with Crippen molar-refractivity contribution >= 4 is 27.5 Å². The number of hydrogen-bond acceptors (Lipinski definition) is 5. The summed E-state index contributed by atoms with van der Waals surface area (Å²) in [5, 5.41) is 7.63. The first-order chi connectivity index (χ1) is 14.7. The van der Waals surface area contributed by atoms with Gasteiger partial charge in [0.05, 0.1) is 12.3 Å². The number of nitrogens with zero attached hydrogens (tertiary/aromatic N) is 3. The third-order valence-corrected chi connectivity index (χ3v) is 5.49. The van der Waals surface area contributed by atoms with Crippen LogP contribution in [0.2, 0.25) is 0 Å². The molecule has 1 amide bonds. The van der Waals surface area contributed by atoms with Gasteiger partial charge in [-0.05, 0) is 56.0 Å². The van der Waals surface area contributed by atoms with Crippen LogP contribution in [0, 0.1) is 0 Å². The molecule has 156 valence electrons. The fourth-order valence-electron chi connectivity index (χ4n) is 3.61. The van der Waals surface area contributed by atoms with Crippen LogP contribution in [0.5, 0.6) is 5.88 Å². The second-order valence-electron chi connectivity index (χ2n) is 7.02. The van der Waals surface area contributed by atoms with E-state index in [1.165, 1.54) is 0 Å². The topological polar surface area (TPSA) is 78.3 Å². The molecule has 0 bridgehead atoms. The summed E-state index contributed by atoms with van der Waals surface area (Å²) in [6.07, 6.45) is 5.52.